The Hall–Kier alpha value is -3.69. The van der Waals surface area contributed by atoms with Crippen LogP contribution in [0, 0.1) is 20.8 Å². The van der Waals surface area contributed by atoms with Crippen molar-refractivity contribution in [1.29, 1.82) is 0 Å². The summed E-state index contributed by atoms with van der Waals surface area (Å²) in [6.45, 7) is 5.40. The van der Waals surface area contributed by atoms with E-state index in [0.717, 1.165) is 26.8 Å². The molecule has 5 aromatic rings. The van der Waals surface area contributed by atoms with Crippen molar-refractivity contribution in [3.8, 4) is 0 Å². The summed E-state index contributed by atoms with van der Waals surface area (Å²) in [7, 11) is -4.38. The van der Waals surface area contributed by atoms with Crippen LogP contribution in [0.25, 0.3) is 21.1 Å². The lowest BCUT2D eigenvalue weighted by Gasteiger charge is -2.24. The predicted molar refractivity (Wildman–Crippen MR) is 131 cm³/mol. The SMILES string of the molecule is Cc1cc(C)c(S(=O)(=O)N(C(=O)c2ccco2)c2cc3sc(=O)oc3c3ccccc23)cc1C. The van der Waals surface area contributed by atoms with Crippen LogP contribution in [0.15, 0.2) is 79.4 Å². The second kappa shape index (κ2) is 7.96. The normalized spacial score (nSPS) is 11.9. The van der Waals surface area contributed by atoms with Gasteiger partial charge < -0.3 is 8.83 Å². The van der Waals surface area contributed by atoms with E-state index < -0.39 is 20.9 Å². The second-order valence-electron chi connectivity index (χ2n) is 7.98. The number of aryl methyl sites for hydroxylation is 3. The van der Waals surface area contributed by atoms with Crippen molar-refractivity contribution in [2.24, 2.45) is 0 Å². The van der Waals surface area contributed by atoms with E-state index in [9.17, 15) is 18.0 Å². The molecule has 0 atom stereocenters. The molecule has 1 amide bonds. The minimum absolute atomic E-state index is 0.0139. The molecule has 9 heteroatoms. The molecule has 0 fully saturated rings. The zero-order chi connectivity index (χ0) is 24.2. The number of fused-ring (bicyclic) bond motifs is 3. The number of carbonyl (C=O) groups excluding carboxylic acids is 1. The third-order valence-corrected chi connectivity index (χ3v) is 8.37. The summed E-state index contributed by atoms with van der Waals surface area (Å²) in [4.78, 5) is 25.1. The Morgan fingerprint density at radius 2 is 1.62 bits per heavy atom. The van der Waals surface area contributed by atoms with Gasteiger partial charge in [0.25, 0.3) is 10.0 Å². The number of anilines is 1. The first-order valence-corrected chi connectivity index (χ1v) is 12.6. The van der Waals surface area contributed by atoms with Gasteiger partial charge in [0.2, 0.25) is 0 Å². The Balaban J connectivity index is 1.87. The molecule has 0 aliphatic rings. The highest BCUT2D eigenvalue weighted by Gasteiger charge is 2.36. The largest absolute Gasteiger partial charge is 0.459 e. The van der Waals surface area contributed by atoms with E-state index in [-0.39, 0.29) is 16.3 Å². The first-order chi connectivity index (χ1) is 16.2. The van der Waals surface area contributed by atoms with Crippen molar-refractivity contribution < 1.29 is 22.0 Å². The number of carbonyl (C=O) groups is 1. The van der Waals surface area contributed by atoms with E-state index in [1.54, 1.807) is 43.3 Å². The van der Waals surface area contributed by atoms with E-state index in [4.69, 9.17) is 8.83 Å². The zero-order valence-corrected chi connectivity index (χ0v) is 20.1. The molecule has 3 aromatic carbocycles. The third kappa shape index (κ3) is 3.44. The van der Waals surface area contributed by atoms with Gasteiger partial charge in [0.05, 0.1) is 21.5 Å². The van der Waals surface area contributed by atoms with Crippen molar-refractivity contribution in [2.75, 3.05) is 4.31 Å². The summed E-state index contributed by atoms with van der Waals surface area (Å²) < 4.78 is 40.1. The molecule has 0 spiro atoms. The summed E-state index contributed by atoms with van der Waals surface area (Å²) in [6, 6.07) is 14.7. The Labute approximate surface area is 198 Å². The van der Waals surface area contributed by atoms with Crippen molar-refractivity contribution in [2.45, 2.75) is 25.7 Å². The Bertz CT molecular complexity index is 1740. The van der Waals surface area contributed by atoms with Crippen molar-refractivity contribution >= 4 is 54.0 Å². The van der Waals surface area contributed by atoms with Crippen LogP contribution >= 0.6 is 11.3 Å². The quantitative estimate of drug-likeness (QED) is 0.325. The lowest BCUT2D eigenvalue weighted by Crippen LogP contribution is -2.37. The maximum Gasteiger partial charge on any atom is 0.396 e. The minimum atomic E-state index is -4.38. The molecule has 0 unspecified atom stereocenters. The molecule has 0 radical (unpaired) electrons. The number of hydrogen-bond acceptors (Lipinski definition) is 7. The van der Waals surface area contributed by atoms with Gasteiger partial charge in [-0.25, -0.2) is 13.2 Å². The standard InChI is InChI=1S/C25H19NO6S2/c1-14-11-16(3)22(12-15(14)2)34(29,30)26(24(27)20-9-6-10-31-20)19-13-21-23(32-25(28)33-21)18-8-5-4-7-17(18)19/h4-13H,1-3H3. The number of amides is 1. The third-order valence-electron chi connectivity index (χ3n) is 5.76. The smallest absolute Gasteiger partial charge is 0.396 e. The first-order valence-electron chi connectivity index (χ1n) is 10.3. The molecule has 0 N–H and O–H groups in total. The van der Waals surface area contributed by atoms with Crippen molar-refractivity contribution in [1.82, 2.24) is 0 Å². The highest BCUT2D eigenvalue weighted by Crippen LogP contribution is 2.39. The average molecular weight is 494 g/mol. The monoisotopic (exact) mass is 493 g/mol. The van der Waals surface area contributed by atoms with Crippen LogP contribution in [0.3, 0.4) is 0 Å². The molecule has 34 heavy (non-hydrogen) atoms. The molecule has 2 heterocycles. The van der Waals surface area contributed by atoms with Crippen LogP contribution in [0.5, 0.6) is 0 Å². The number of benzene rings is 3. The van der Waals surface area contributed by atoms with Crippen LogP contribution in [-0.2, 0) is 10.0 Å². The fourth-order valence-corrected chi connectivity index (χ4v) is 6.43. The molecular formula is C25H19NO6S2. The number of sulfonamides is 1. The van der Waals surface area contributed by atoms with Gasteiger partial charge in [-0.1, -0.05) is 41.7 Å². The number of rotatable bonds is 4. The maximum atomic E-state index is 14.1. The van der Waals surface area contributed by atoms with Gasteiger partial charge in [0.1, 0.15) is 0 Å². The Kier molecular flexibility index (Phi) is 5.18. The molecule has 7 nitrogen and oxygen atoms in total. The van der Waals surface area contributed by atoms with Gasteiger partial charge in [-0.3, -0.25) is 4.79 Å². The summed E-state index contributed by atoms with van der Waals surface area (Å²) in [6.07, 6.45) is 1.31. The zero-order valence-electron chi connectivity index (χ0n) is 18.5. The summed E-state index contributed by atoms with van der Waals surface area (Å²) in [5.74, 6) is -0.974. The molecule has 0 aliphatic heterocycles. The molecule has 0 saturated heterocycles. The van der Waals surface area contributed by atoms with Gasteiger partial charge >= 0.3 is 10.8 Å². The average Bonchev–Trinajstić information content (AvgIpc) is 3.45. The summed E-state index contributed by atoms with van der Waals surface area (Å²) in [5, 5.41) is 0.971. The summed E-state index contributed by atoms with van der Waals surface area (Å²) >= 11 is 0.843. The van der Waals surface area contributed by atoms with E-state index in [0.29, 0.717) is 26.6 Å². The van der Waals surface area contributed by atoms with E-state index in [1.165, 1.54) is 24.5 Å². The molecule has 2 aromatic heterocycles. The molecule has 172 valence electrons. The van der Waals surface area contributed by atoms with Gasteiger partial charge in [-0.05, 0) is 61.7 Å². The van der Waals surface area contributed by atoms with Crippen LogP contribution in [0.1, 0.15) is 27.2 Å². The van der Waals surface area contributed by atoms with Crippen molar-refractivity contribution in [3.63, 3.8) is 0 Å². The first kappa shape index (κ1) is 22.1. The highest BCUT2D eigenvalue weighted by molar-refractivity contribution is 7.93. The van der Waals surface area contributed by atoms with Gasteiger partial charge in [0, 0.05) is 10.8 Å². The van der Waals surface area contributed by atoms with Crippen LogP contribution in [0.2, 0.25) is 0 Å². The highest BCUT2D eigenvalue weighted by atomic mass is 32.2. The van der Waals surface area contributed by atoms with Gasteiger partial charge in [-0.15, -0.1) is 0 Å². The fraction of sp³-hybridized carbons (Fsp3) is 0.120. The van der Waals surface area contributed by atoms with Crippen LogP contribution in [-0.4, -0.2) is 14.3 Å². The van der Waals surface area contributed by atoms with Crippen LogP contribution in [0.4, 0.5) is 5.69 Å². The second-order valence-corrected chi connectivity index (χ2v) is 10.7. The van der Waals surface area contributed by atoms with Gasteiger partial charge in [0.15, 0.2) is 11.3 Å². The summed E-state index contributed by atoms with van der Waals surface area (Å²) in [5.41, 5.74) is 2.69. The van der Waals surface area contributed by atoms with E-state index in [1.807, 2.05) is 13.8 Å². The molecular weight excluding hydrogens is 474 g/mol. The van der Waals surface area contributed by atoms with E-state index >= 15 is 0 Å². The molecule has 0 saturated carbocycles. The maximum absolute atomic E-state index is 14.1. The Morgan fingerprint density at radius 1 is 0.912 bits per heavy atom. The number of nitrogens with zero attached hydrogens (tertiary/aromatic N) is 1. The molecule has 0 bridgehead atoms. The van der Waals surface area contributed by atoms with Crippen LogP contribution < -0.4 is 9.24 Å². The molecule has 5 rings (SSSR count). The molecule has 0 aliphatic carbocycles. The fourth-order valence-electron chi connectivity index (χ4n) is 4.01. The topological polar surface area (TPSA) is 97.8 Å². The lowest BCUT2D eigenvalue weighted by atomic mass is 10.1. The predicted octanol–water partition coefficient (Wildman–Crippen LogP) is 5.56. The van der Waals surface area contributed by atoms with E-state index in [2.05, 4.69) is 0 Å². The Morgan fingerprint density at radius 3 is 2.32 bits per heavy atom. The minimum Gasteiger partial charge on any atom is -0.459 e. The number of hydrogen-bond donors (Lipinski definition) is 0. The number of furan rings is 1. The van der Waals surface area contributed by atoms with Gasteiger partial charge in [-0.2, -0.15) is 4.31 Å². The van der Waals surface area contributed by atoms with Crippen molar-refractivity contribution in [3.05, 3.63) is 93.0 Å². The lowest BCUT2D eigenvalue weighted by molar-refractivity contribution is 0.0979.